The number of rotatable bonds is 3. The van der Waals surface area contributed by atoms with Crippen molar-refractivity contribution in [3.8, 4) is 0 Å². The number of hydrogen-bond donors (Lipinski definition) is 0. The van der Waals surface area contributed by atoms with Crippen LogP contribution in [-0.2, 0) is 13.6 Å². The van der Waals surface area contributed by atoms with E-state index in [9.17, 15) is 4.79 Å². The highest BCUT2D eigenvalue weighted by Crippen LogP contribution is 2.43. The lowest BCUT2D eigenvalue weighted by molar-refractivity contribution is 0.0736. The molecule has 4 aromatic rings. The Hall–Kier alpha value is -3.33. The van der Waals surface area contributed by atoms with Crippen LogP contribution in [0.1, 0.15) is 38.8 Å². The number of hydrogen-bond acceptors (Lipinski definition) is 1. The van der Waals surface area contributed by atoms with Gasteiger partial charge in [-0.1, -0.05) is 66.7 Å². The highest BCUT2D eigenvalue weighted by Gasteiger charge is 2.39. The Balaban J connectivity index is 1.73. The third-order valence-corrected chi connectivity index (χ3v) is 5.98. The zero-order valence-corrected chi connectivity index (χ0v) is 16.1. The molecule has 0 saturated heterocycles. The second-order valence-corrected chi connectivity index (χ2v) is 7.48. The van der Waals surface area contributed by atoms with Crippen LogP contribution in [0.25, 0.3) is 10.9 Å². The largest absolute Gasteiger partial charge is 0.348 e. The summed E-state index contributed by atoms with van der Waals surface area (Å²) in [5.74, 6) is 0.108. The standard InChI is InChI=1S/C25H22N2O/c1-17-23(21-14-8-9-15-22(21)26(17)2)24-19-12-6-7-13-20(19)25(28)27(24)16-18-10-4-3-5-11-18/h3-15,24H,16H2,1-2H3/t24-/m0/s1. The molecule has 0 spiro atoms. The van der Waals surface area contributed by atoms with E-state index >= 15 is 0 Å². The zero-order chi connectivity index (χ0) is 19.3. The SMILES string of the molecule is Cc1c([C@@H]2c3ccccc3C(=O)N2Cc2ccccc2)c2ccccc2n1C. The smallest absolute Gasteiger partial charge is 0.255 e. The van der Waals surface area contributed by atoms with E-state index in [4.69, 9.17) is 0 Å². The number of fused-ring (bicyclic) bond motifs is 2. The van der Waals surface area contributed by atoms with E-state index in [-0.39, 0.29) is 11.9 Å². The number of para-hydroxylation sites is 1. The summed E-state index contributed by atoms with van der Waals surface area (Å²) in [7, 11) is 2.10. The van der Waals surface area contributed by atoms with Crippen molar-refractivity contribution in [1.29, 1.82) is 0 Å². The van der Waals surface area contributed by atoms with Crippen molar-refractivity contribution in [2.24, 2.45) is 7.05 Å². The Morgan fingerprint density at radius 3 is 2.36 bits per heavy atom. The maximum absolute atomic E-state index is 13.4. The van der Waals surface area contributed by atoms with Crippen molar-refractivity contribution in [3.05, 3.63) is 107 Å². The minimum Gasteiger partial charge on any atom is -0.348 e. The van der Waals surface area contributed by atoms with Gasteiger partial charge in [0.05, 0.1) is 6.04 Å². The van der Waals surface area contributed by atoms with Crippen LogP contribution in [0.3, 0.4) is 0 Å². The van der Waals surface area contributed by atoms with E-state index in [0.717, 1.165) is 16.7 Å². The summed E-state index contributed by atoms with van der Waals surface area (Å²) < 4.78 is 2.23. The molecule has 0 bridgehead atoms. The Morgan fingerprint density at radius 2 is 1.54 bits per heavy atom. The van der Waals surface area contributed by atoms with Gasteiger partial charge < -0.3 is 9.47 Å². The first-order chi connectivity index (χ1) is 13.7. The van der Waals surface area contributed by atoms with E-state index in [1.807, 2.05) is 41.3 Å². The summed E-state index contributed by atoms with van der Waals surface area (Å²) in [5.41, 5.74) is 6.69. The van der Waals surface area contributed by atoms with Gasteiger partial charge in [0.1, 0.15) is 0 Å². The van der Waals surface area contributed by atoms with Gasteiger partial charge in [0.15, 0.2) is 0 Å². The minimum absolute atomic E-state index is 0.0741. The lowest BCUT2D eigenvalue weighted by Crippen LogP contribution is -2.28. The molecule has 0 fully saturated rings. The number of amides is 1. The molecule has 0 unspecified atom stereocenters. The molecule has 3 heteroatoms. The van der Waals surface area contributed by atoms with Crippen LogP contribution in [0.2, 0.25) is 0 Å². The van der Waals surface area contributed by atoms with E-state index in [2.05, 4.69) is 61.0 Å². The van der Waals surface area contributed by atoms with Gasteiger partial charge in [0.2, 0.25) is 0 Å². The molecule has 1 aliphatic heterocycles. The molecule has 0 N–H and O–H groups in total. The van der Waals surface area contributed by atoms with Crippen molar-refractivity contribution < 1.29 is 4.79 Å². The number of aromatic nitrogens is 1. The van der Waals surface area contributed by atoms with Crippen molar-refractivity contribution >= 4 is 16.8 Å². The minimum atomic E-state index is -0.0741. The van der Waals surface area contributed by atoms with Crippen molar-refractivity contribution in [1.82, 2.24) is 9.47 Å². The summed E-state index contributed by atoms with van der Waals surface area (Å²) in [6.07, 6.45) is 0. The van der Waals surface area contributed by atoms with Gasteiger partial charge in [0.25, 0.3) is 5.91 Å². The summed E-state index contributed by atoms with van der Waals surface area (Å²) in [6.45, 7) is 2.75. The fraction of sp³-hybridized carbons (Fsp3) is 0.160. The normalized spacial score (nSPS) is 16.0. The number of carbonyl (C=O) groups excluding carboxylic acids is 1. The molecule has 0 saturated carbocycles. The number of aryl methyl sites for hydroxylation is 1. The first-order valence-electron chi connectivity index (χ1n) is 9.64. The number of benzene rings is 3. The van der Waals surface area contributed by atoms with Gasteiger partial charge in [0, 0.05) is 41.3 Å². The molecule has 3 aromatic carbocycles. The van der Waals surface area contributed by atoms with Crippen LogP contribution in [-0.4, -0.2) is 15.4 Å². The van der Waals surface area contributed by atoms with Crippen molar-refractivity contribution in [2.45, 2.75) is 19.5 Å². The van der Waals surface area contributed by atoms with Crippen LogP contribution in [0, 0.1) is 6.92 Å². The number of carbonyl (C=O) groups is 1. The molecule has 3 nitrogen and oxygen atoms in total. The van der Waals surface area contributed by atoms with Gasteiger partial charge in [-0.05, 0) is 30.2 Å². The molecule has 28 heavy (non-hydrogen) atoms. The van der Waals surface area contributed by atoms with Crippen LogP contribution in [0.15, 0.2) is 78.9 Å². The van der Waals surface area contributed by atoms with E-state index in [1.165, 1.54) is 22.2 Å². The molecular formula is C25H22N2O. The van der Waals surface area contributed by atoms with Gasteiger partial charge in [-0.3, -0.25) is 4.79 Å². The summed E-state index contributed by atoms with van der Waals surface area (Å²) in [5, 5.41) is 1.22. The van der Waals surface area contributed by atoms with Crippen LogP contribution >= 0.6 is 0 Å². The summed E-state index contributed by atoms with van der Waals surface area (Å²) in [4.78, 5) is 15.4. The van der Waals surface area contributed by atoms with E-state index in [0.29, 0.717) is 6.54 Å². The number of nitrogens with zero attached hydrogens (tertiary/aromatic N) is 2. The molecule has 5 rings (SSSR count). The predicted octanol–water partition coefficient (Wildman–Crippen LogP) is 5.23. The van der Waals surface area contributed by atoms with Gasteiger partial charge in [-0.25, -0.2) is 0 Å². The second-order valence-electron chi connectivity index (χ2n) is 7.48. The zero-order valence-electron chi connectivity index (χ0n) is 16.1. The highest BCUT2D eigenvalue weighted by atomic mass is 16.2. The predicted molar refractivity (Wildman–Crippen MR) is 112 cm³/mol. The molecule has 1 atom stereocenters. The Labute approximate surface area is 164 Å². The molecule has 0 aliphatic carbocycles. The molecule has 1 aliphatic rings. The Bertz CT molecular complexity index is 1190. The Kier molecular flexibility index (Phi) is 3.83. The maximum atomic E-state index is 13.4. The molecule has 1 amide bonds. The summed E-state index contributed by atoms with van der Waals surface area (Å²) >= 11 is 0. The van der Waals surface area contributed by atoms with Crippen molar-refractivity contribution in [2.75, 3.05) is 0 Å². The lowest BCUT2D eigenvalue weighted by Gasteiger charge is -2.26. The monoisotopic (exact) mass is 366 g/mol. The third-order valence-electron chi connectivity index (χ3n) is 5.98. The van der Waals surface area contributed by atoms with E-state index < -0.39 is 0 Å². The van der Waals surface area contributed by atoms with Gasteiger partial charge >= 0.3 is 0 Å². The van der Waals surface area contributed by atoms with Crippen LogP contribution in [0.5, 0.6) is 0 Å². The fourth-order valence-electron chi connectivity index (χ4n) is 4.52. The van der Waals surface area contributed by atoms with Crippen LogP contribution in [0.4, 0.5) is 0 Å². The quantitative estimate of drug-likeness (QED) is 0.487. The third kappa shape index (κ3) is 2.40. The van der Waals surface area contributed by atoms with Crippen molar-refractivity contribution in [3.63, 3.8) is 0 Å². The topological polar surface area (TPSA) is 25.2 Å². The molecule has 2 heterocycles. The van der Waals surface area contributed by atoms with Gasteiger partial charge in [-0.2, -0.15) is 0 Å². The first-order valence-corrected chi connectivity index (χ1v) is 9.64. The lowest BCUT2D eigenvalue weighted by atomic mass is 9.95. The van der Waals surface area contributed by atoms with Crippen LogP contribution < -0.4 is 0 Å². The van der Waals surface area contributed by atoms with E-state index in [1.54, 1.807) is 0 Å². The average molecular weight is 366 g/mol. The van der Waals surface area contributed by atoms with Gasteiger partial charge in [-0.15, -0.1) is 0 Å². The summed E-state index contributed by atoms with van der Waals surface area (Å²) in [6, 6.07) is 26.7. The molecule has 1 aromatic heterocycles. The first kappa shape index (κ1) is 16.8. The molecular weight excluding hydrogens is 344 g/mol. The molecule has 138 valence electrons. The highest BCUT2D eigenvalue weighted by molar-refractivity contribution is 6.01. The maximum Gasteiger partial charge on any atom is 0.255 e. The Morgan fingerprint density at radius 1 is 0.857 bits per heavy atom. The molecule has 0 radical (unpaired) electrons. The average Bonchev–Trinajstić information content (AvgIpc) is 3.15. The fourth-order valence-corrected chi connectivity index (χ4v) is 4.52. The second kappa shape index (κ2) is 6.38.